The molecular weight excluding hydrogens is 226 g/mol. The Hall–Kier alpha value is -1.68. The summed E-state index contributed by atoms with van der Waals surface area (Å²) in [5, 5.41) is 8.59. The van der Waals surface area contributed by atoms with E-state index in [0.29, 0.717) is 6.61 Å². The number of aromatic nitrogens is 3. The molecule has 0 saturated heterocycles. The average molecular weight is 243 g/mol. The number of nitrogens with zero attached hydrogens (tertiary/aromatic N) is 3. The molecule has 0 N–H and O–H groups in total. The van der Waals surface area contributed by atoms with Gasteiger partial charge < -0.3 is 9.30 Å². The first kappa shape index (κ1) is 11.4. The van der Waals surface area contributed by atoms with E-state index in [1.54, 1.807) is 7.11 Å². The second-order valence-corrected chi connectivity index (χ2v) is 4.63. The summed E-state index contributed by atoms with van der Waals surface area (Å²) in [6.07, 6.45) is 2.85. The number of fused-ring (bicyclic) bond motifs is 2. The smallest absolute Gasteiger partial charge is 0.135 e. The fraction of sp³-hybridized carbons (Fsp3) is 0.429. The van der Waals surface area contributed by atoms with Gasteiger partial charge >= 0.3 is 0 Å². The van der Waals surface area contributed by atoms with Crippen LogP contribution in [-0.4, -0.2) is 28.5 Å². The highest BCUT2D eigenvalue weighted by Gasteiger charge is 2.17. The van der Waals surface area contributed by atoms with E-state index in [1.807, 2.05) is 0 Å². The SMILES string of the molecule is COCCc1nnc2n1Cc1ccccc1CC2. The van der Waals surface area contributed by atoms with Crippen molar-refractivity contribution in [2.45, 2.75) is 25.8 Å². The summed E-state index contributed by atoms with van der Waals surface area (Å²) in [6.45, 7) is 1.58. The average Bonchev–Trinajstić information content (AvgIpc) is 2.67. The Labute approximate surface area is 107 Å². The minimum absolute atomic E-state index is 0.694. The molecule has 3 rings (SSSR count). The summed E-state index contributed by atoms with van der Waals surface area (Å²) in [7, 11) is 1.72. The quantitative estimate of drug-likeness (QED) is 0.822. The van der Waals surface area contributed by atoms with E-state index >= 15 is 0 Å². The van der Waals surface area contributed by atoms with E-state index < -0.39 is 0 Å². The molecule has 0 spiro atoms. The van der Waals surface area contributed by atoms with Crippen LogP contribution < -0.4 is 0 Å². The molecule has 0 amide bonds. The minimum atomic E-state index is 0.694. The lowest BCUT2D eigenvalue weighted by atomic mass is 10.0. The lowest BCUT2D eigenvalue weighted by Crippen LogP contribution is -2.09. The zero-order valence-corrected chi connectivity index (χ0v) is 10.6. The fourth-order valence-electron chi connectivity index (χ4n) is 2.49. The summed E-state index contributed by atoms with van der Waals surface area (Å²) in [5.74, 6) is 2.13. The lowest BCUT2D eigenvalue weighted by molar-refractivity contribution is 0.199. The van der Waals surface area contributed by atoms with Gasteiger partial charge in [0.1, 0.15) is 11.6 Å². The van der Waals surface area contributed by atoms with Crippen molar-refractivity contribution in [2.24, 2.45) is 0 Å². The summed E-state index contributed by atoms with van der Waals surface area (Å²) in [4.78, 5) is 0. The van der Waals surface area contributed by atoms with Crippen molar-refractivity contribution in [1.29, 1.82) is 0 Å². The van der Waals surface area contributed by atoms with Gasteiger partial charge in [-0.1, -0.05) is 24.3 Å². The van der Waals surface area contributed by atoms with E-state index in [2.05, 4.69) is 39.0 Å². The Bertz CT molecular complexity index is 548. The van der Waals surface area contributed by atoms with Gasteiger partial charge in [0.2, 0.25) is 0 Å². The molecule has 4 heteroatoms. The zero-order chi connectivity index (χ0) is 12.4. The van der Waals surface area contributed by atoms with Crippen LogP contribution in [0, 0.1) is 0 Å². The Kier molecular flexibility index (Phi) is 3.11. The predicted octanol–water partition coefficient (Wildman–Crippen LogP) is 1.61. The van der Waals surface area contributed by atoms with Crippen molar-refractivity contribution < 1.29 is 4.74 Å². The number of methoxy groups -OCH3 is 1. The van der Waals surface area contributed by atoms with Gasteiger partial charge in [-0.2, -0.15) is 0 Å². The Balaban J connectivity index is 1.93. The molecule has 0 bridgehead atoms. The van der Waals surface area contributed by atoms with E-state index in [9.17, 15) is 0 Å². The Morgan fingerprint density at radius 1 is 1.17 bits per heavy atom. The van der Waals surface area contributed by atoms with Crippen molar-refractivity contribution in [1.82, 2.24) is 14.8 Å². The molecule has 2 heterocycles. The first-order valence-corrected chi connectivity index (χ1v) is 6.35. The number of ether oxygens (including phenoxy) is 1. The van der Waals surface area contributed by atoms with Crippen molar-refractivity contribution in [3.05, 3.63) is 47.0 Å². The molecule has 0 unspecified atom stereocenters. The van der Waals surface area contributed by atoms with Gasteiger partial charge in [0.25, 0.3) is 0 Å². The summed E-state index contributed by atoms with van der Waals surface area (Å²) >= 11 is 0. The number of hydrogen-bond donors (Lipinski definition) is 0. The molecule has 0 atom stereocenters. The highest BCUT2D eigenvalue weighted by atomic mass is 16.5. The van der Waals surface area contributed by atoms with E-state index in [1.165, 1.54) is 11.1 Å². The van der Waals surface area contributed by atoms with Crippen molar-refractivity contribution >= 4 is 0 Å². The third-order valence-electron chi connectivity index (χ3n) is 3.50. The summed E-state index contributed by atoms with van der Waals surface area (Å²) < 4.78 is 7.37. The van der Waals surface area contributed by atoms with Crippen LogP contribution in [0.2, 0.25) is 0 Å². The maximum Gasteiger partial charge on any atom is 0.135 e. The Morgan fingerprint density at radius 2 is 2.00 bits per heavy atom. The summed E-state index contributed by atoms with van der Waals surface area (Å²) in [6, 6.07) is 8.62. The monoisotopic (exact) mass is 243 g/mol. The predicted molar refractivity (Wildman–Crippen MR) is 68.6 cm³/mol. The molecule has 4 nitrogen and oxygen atoms in total. The molecule has 0 fully saturated rings. The largest absolute Gasteiger partial charge is 0.384 e. The number of benzene rings is 1. The van der Waals surface area contributed by atoms with Crippen molar-refractivity contribution in [3.63, 3.8) is 0 Å². The van der Waals surface area contributed by atoms with Crippen LogP contribution in [0.25, 0.3) is 0 Å². The lowest BCUT2D eigenvalue weighted by Gasteiger charge is -2.08. The number of hydrogen-bond acceptors (Lipinski definition) is 3. The van der Waals surface area contributed by atoms with Crippen LogP contribution in [0.3, 0.4) is 0 Å². The van der Waals surface area contributed by atoms with Crippen LogP contribution in [0.5, 0.6) is 0 Å². The van der Waals surface area contributed by atoms with Crippen LogP contribution in [-0.2, 0) is 30.5 Å². The third kappa shape index (κ3) is 2.04. The molecule has 0 saturated carbocycles. The van der Waals surface area contributed by atoms with Crippen LogP contribution in [0.4, 0.5) is 0 Å². The van der Waals surface area contributed by atoms with Gasteiger partial charge in [0.15, 0.2) is 0 Å². The second-order valence-electron chi connectivity index (χ2n) is 4.63. The highest BCUT2D eigenvalue weighted by Crippen LogP contribution is 2.19. The molecule has 1 aromatic heterocycles. The summed E-state index contributed by atoms with van der Waals surface area (Å²) in [5.41, 5.74) is 2.82. The molecule has 1 aromatic carbocycles. The number of aryl methyl sites for hydroxylation is 2. The molecule has 94 valence electrons. The molecule has 1 aliphatic heterocycles. The molecule has 0 aliphatic carbocycles. The second kappa shape index (κ2) is 4.90. The first-order valence-electron chi connectivity index (χ1n) is 6.35. The molecule has 18 heavy (non-hydrogen) atoms. The molecule has 2 aromatic rings. The third-order valence-corrected chi connectivity index (χ3v) is 3.50. The normalized spacial score (nSPS) is 13.8. The minimum Gasteiger partial charge on any atom is -0.384 e. The van der Waals surface area contributed by atoms with Crippen molar-refractivity contribution in [3.8, 4) is 0 Å². The van der Waals surface area contributed by atoms with Crippen LogP contribution >= 0.6 is 0 Å². The van der Waals surface area contributed by atoms with Crippen LogP contribution in [0.1, 0.15) is 22.8 Å². The van der Waals surface area contributed by atoms with E-state index in [-0.39, 0.29) is 0 Å². The van der Waals surface area contributed by atoms with Crippen LogP contribution in [0.15, 0.2) is 24.3 Å². The van der Waals surface area contributed by atoms with Crippen molar-refractivity contribution in [2.75, 3.05) is 13.7 Å². The standard InChI is InChI=1S/C14H17N3O/c1-18-9-8-14-16-15-13-7-6-11-4-2-3-5-12(11)10-17(13)14/h2-5H,6-10H2,1H3. The van der Waals surface area contributed by atoms with E-state index in [4.69, 9.17) is 4.74 Å². The van der Waals surface area contributed by atoms with Gasteiger partial charge in [-0.3, -0.25) is 0 Å². The number of rotatable bonds is 3. The van der Waals surface area contributed by atoms with Gasteiger partial charge in [0.05, 0.1) is 13.2 Å². The van der Waals surface area contributed by atoms with Gasteiger partial charge in [-0.25, -0.2) is 0 Å². The molecule has 0 radical (unpaired) electrons. The topological polar surface area (TPSA) is 39.9 Å². The zero-order valence-electron chi connectivity index (χ0n) is 10.6. The molecule has 1 aliphatic rings. The fourth-order valence-corrected chi connectivity index (χ4v) is 2.49. The van der Waals surface area contributed by atoms with Gasteiger partial charge in [-0.05, 0) is 17.5 Å². The maximum absolute atomic E-state index is 5.13. The van der Waals surface area contributed by atoms with Gasteiger partial charge in [0, 0.05) is 20.0 Å². The Morgan fingerprint density at radius 3 is 2.83 bits per heavy atom. The van der Waals surface area contributed by atoms with Gasteiger partial charge in [-0.15, -0.1) is 10.2 Å². The molecular formula is C14H17N3O. The maximum atomic E-state index is 5.13. The van der Waals surface area contributed by atoms with E-state index in [0.717, 1.165) is 37.5 Å². The first-order chi connectivity index (χ1) is 8.88. The highest BCUT2D eigenvalue weighted by molar-refractivity contribution is 5.30.